The van der Waals surface area contributed by atoms with Crippen LogP contribution in [0, 0.1) is 17.8 Å². The summed E-state index contributed by atoms with van der Waals surface area (Å²) in [4.78, 5) is 15.4. The summed E-state index contributed by atoms with van der Waals surface area (Å²) in [5.74, 6) is 5.92. The number of hydrogen-bond acceptors (Lipinski definition) is 3. The second-order valence-corrected chi connectivity index (χ2v) is 6.23. The number of hydrogen-bond donors (Lipinski definition) is 1. The Balaban J connectivity index is 2.64. The molecule has 4 heteroatoms. The van der Waals surface area contributed by atoms with E-state index in [1.165, 1.54) is 0 Å². The number of amides is 1. The Labute approximate surface area is 132 Å². The van der Waals surface area contributed by atoms with Crippen molar-refractivity contribution in [2.45, 2.75) is 46.1 Å². The highest BCUT2D eigenvalue weighted by atomic mass is 32.1. The monoisotopic (exact) mass is 307 g/mol. The SMILES string of the molecule is CCCC(CCC)C(=O)N(C)Cc1cc(C#CCO)cs1. The molecule has 1 heterocycles. The maximum absolute atomic E-state index is 12.5. The first-order valence-electron chi connectivity index (χ1n) is 7.54. The quantitative estimate of drug-likeness (QED) is 0.785. The van der Waals surface area contributed by atoms with E-state index in [1.54, 1.807) is 11.3 Å². The van der Waals surface area contributed by atoms with Crippen molar-refractivity contribution in [2.75, 3.05) is 13.7 Å². The van der Waals surface area contributed by atoms with Gasteiger partial charge in [-0.25, -0.2) is 0 Å². The van der Waals surface area contributed by atoms with Gasteiger partial charge in [0.1, 0.15) is 6.61 Å². The van der Waals surface area contributed by atoms with Gasteiger partial charge in [0.2, 0.25) is 5.91 Å². The Morgan fingerprint density at radius 3 is 2.62 bits per heavy atom. The lowest BCUT2D eigenvalue weighted by atomic mass is 9.97. The Bertz CT molecular complexity index is 492. The molecule has 0 bridgehead atoms. The molecule has 1 aromatic heterocycles. The maximum Gasteiger partial charge on any atom is 0.225 e. The summed E-state index contributed by atoms with van der Waals surface area (Å²) in [7, 11) is 1.87. The van der Waals surface area contributed by atoms with E-state index in [1.807, 2.05) is 23.4 Å². The van der Waals surface area contributed by atoms with Crippen LogP contribution in [0.25, 0.3) is 0 Å². The molecule has 0 unspecified atom stereocenters. The van der Waals surface area contributed by atoms with Crippen LogP contribution in [0.15, 0.2) is 11.4 Å². The van der Waals surface area contributed by atoms with Crippen LogP contribution in [0.2, 0.25) is 0 Å². The largest absolute Gasteiger partial charge is 0.384 e. The molecule has 0 fully saturated rings. The molecule has 1 N–H and O–H groups in total. The minimum absolute atomic E-state index is 0.126. The number of carbonyl (C=O) groups excluding carboxylic acids is 1. The van der Waals surface area contributed by atoms with E-state index in [2.05, 4.69) is 25.7 Å². The van der Waals surface area contributed by atoms with Crippen LogP contribution in [0.5, 0.6) is 0 Å². The molecular weight excluding hydrogens is 282 g/mol. The van der Waals surface area contributed by atoms with Gasteiger partial charge in [0.05, 0.1) is 6.54 Å². The van der Waals surface area contributed by atoms with Crippen molar-refractivity contribution in [3.8, 4) is 11.8 Å². The van der Waals surface area contributed by atoms with E-state index < -0.39 is 0 Å². The summed E-state index contributed by atoms with van der Waals surface area (Å²) < 4.78 is 0. The molecule has 0 atom stereocenters. The predicted octanol–water partition coefficient (Wildman–Crippen LogP) is 3.27. The van der Waals surface area contributed by atoms with Gasteiger partial charge in [0.15, 0.2) is 0 Å². The van der Waals surface area contributed by atoms with E-state index in [4.69, 9.17) is 5.11 Å². The first-order chi connectivity index (χ1) is 10.1. The zero-order valence-corrected chi connectivity index (χ0v) is 14.0. The van der Waals surface area contributed by atoms with Crippen LogP contribution in [0.3, 0.4) is 0 Å². The summed E-state index contributed by atoms with van der Waals surface area (Å²) in [6, 6.07) is 1.99. The molecule has 1 amide bonds. The van der Waals surface area contributed by atoms with Crippen LogP contribution in [-0.2, 0) is 11.3 Å². The number of nitrogens with zero attached hydrogens (tertiary/aromatic N) is 1. The molecule has 0 saturated heterocycles. The van der Waals surface area contributed by atoms with E-state index in [0.29, 0.717) is 6.54 Å². The lowest BCUT2D eigenvalue weighted by molar-refractivity contribution is -0.135. The summed E-state index contributed by atoms with van der Waals surface area (Å²) in [5, 5.41) is 10.7. The Morgan fingerprint density at radius 1 is 1.38 bits per heavy atom. The highest BCUT2D eigenvalue weighted by Crippen LogP contribution is 2.20. The van der Waals surface area contributed by atoms with Crippen molar-refractivity contribution in [2.24, 2.45) is 5.92 Å². The molecule has 0 aliphatic heterocycles. The molecule has 0 radical (unpaired) electrons. The first-order valence-corrected chi connectivity index (χ1v) is 8.42. The Morgan fingerprint density at radius 2 is 2.05 bits per heavy atom. The van der Waals surface area contributed by atoms with Gasteiger partial charge in [0.25, 0.3) is 0 Å². The van der Waals surface area contributed by atoms with Gasteiger partial charge in [-0.05, 0) is 18.9 Å². The van der Waals surface area contributed by atoms with Gasteiger partial charge in [-0.2, -0.15) is 0 Å². The fraction of sp³-hybridized carbons (Fsp3) is 0.588. The molecule has 21 heavy (non-hydrogen) atoms. The van der Waals surface area contributed by atoms with E-state index in [0.717, 1.165) is 36.1 Å². The number of thiophene rings is 1. The lowest BCUT2D eigenvalue weighted by Gasteiger charge is -2.23. The van der Waals surface area contributed by atoms with Crippen molar-refractivity contribution < 1.29 is 9.90 Å². The van der Waals surface area contributed by atoms with Gasteiger partial charge in [-0.1, -0.05) is 38.5 Å². The highest BCUT2D eigenvalue weighted by Gasteiger charge is 2.20. The molecule has 1 aromatic rings. The van der Waals surface area contributed by atoms with Gasteiger partial charge >= 0.3 is 0 Å². The summed E-state index contributed by atoms with van der Waals surface area (Å²) in [5.41, 5.74) is 0.906. The van der Waals surface area contributed by atoms with Crippen LogP contribution < -0.4 is 0 Å². The zero-order chi connectivity index (χ0) is 15.7. The fourth-order valence-corrected chi connectivity index (χ4v) is 3.25. The van der Waals surface area contributed by atoms with Crippen molar-refractivity contribution in [1.29, 1.82) is 0 Å². The number of aliphatic hydroxyl groups is 1. The number of rotatable bonds is 7. The average molecular weight is 307 g/mol. The van der Waals surface area contributed by atoms with Gasteiger partial charge in [0, 0.05) is 28.8 Å². The molecule has 0 aromatic carbocycles. The second kappa shape index (κ2) is 9.59. The van der Waals surface area contributed by atoms with E-state index in [-0.39, 0.29) is 18.4 Å². The van der Waals surface area contributed by atoms with Crippen molar-refractivity contribution in [3.63, 3.8) is 0 Å². The molecule has 0 saturated carbocycles. The normalized spacial score (nSPS) is 10.3. The third kappa shape index (κ3) is 5.91. The lowest BCUT2D eigenvalue weighted by Crippen LogP contribution is -2.32. The van der Waals surface area contributed by atoms with Gasteiger partial charge in [-0.3, -0.25) is 4.79 Å². The highest BCUT2D eigenvalue weighted by molar-refractivity contribution is 7.10. The smallest absolute Gasteiger partial charge is 0.225 e. The predicted molar refractivity (Wildman–Crippen MR) is 88.1 cm³/mol. The third-order valence-electron chi connectivity index (χ3n) is 3.36. The maximum atomic E-state index is 12.5. The van der Waals surface area contributed by atoms with Crippen molar-refractivity contribution in [3.05, 3.63) is 21.9 Å². The number of aliphatic hydroxyl groups excluding tert-OH is 1. The van der Waals surface area contributed by atoms with Crippen LogP contribution in [0.1, 0.15) is 50.0 Å². The summed E-state index contributed by atoms with van der Waals surface area (Å²) in [6.45, 7) is 4.76. The molecule has 0 aliphatic rings. The summed E-state index contributed by atoms with van der Waals surface area (Å²) >= 11 is 1.61. The Hall–Kier alpha value is -1.31. The molecular formula is C17H25NO2S. The van der Waals surface area contributed by atoms with Crippen LogP contribution in [-0.4, -0.2) is 29.6 Å². The minimum Gasteiger partial charge on any atom is -0.384 e. The van der Waals surface area contributed by atoms with Crippen LogP contribution >= 0.6 is 11.3 Å². The molecule has 3 nitrogen and oxygen atoms in total. The van der Waals surface area contributed by atoms with Gasteiger partial charge in [-0.15, -0.1) is 11.3 Å². The van der Waals surface area contributed by atoms with Crippen molar-refractivity contribution >= 4 is 17.2 Å². The molecule has 116 valence electrons. The molecule has 1 rings (SSSR count). The van der Waals surface area contributed by atoms with E-state index in [9.17, 15) is 4.79 Å². The first kappa shape index (κ1) is 17.7. The molecule has 0 aliphatic carbocycles. The zero-order valence-electron chi connectivity index (χ0n) is 13.2. The Kier molecular flexibility index (Phi) is 8.11. The third-order valence-corrected chi connectivity index (χ3v) is 4.28. The summed E-state index contributed by atoms with van der Waals surface area (Å²) in [6.07, 6.45) is 4.03. The number of carbonyl (C=O) groups is 1. The standard InChI is InChI=1S/C17H25NO2S/c1-4-7-15(8-5-2)17(20)18(3)12-16-11-14(13-21-16)9-6-10-19/h11,13,15,19H,4-5,7-8,10,12H2,1-3H3. The second-order valence-electron chi connectivity index (χ2n) is 5.23. The van der Waals surface area contributed by atoms with Gasteiger partial charge < -0.3 is 10.0 Å². The fourth-order valence-electron chi connectivity index (χ4n) is 2.38. The van der Waals surface area contributed by atoms with Crippen molar-refractivity contribution in [1.82, 2.24) is 4.90 Å². The molecule has 0 spiro atoms. The van der Waals surface area contributed by atoms with Crippen LogP contribution in [0.4, 0.5) is 0 Å². The minimum atomic E-state index is -0.126. The van der Waals surface area contributed by atoms with E-state index >= 15 is 0 Å². The topological polar surface area (TPSA) is 40.5 Å². The average Bonchev–Trinajstić information content (AvgIpc) is 2.91.